The minimum absolute atomic E-state index is 0.140. The van der Waals surface area contributed by atoms with Gasteiger partial charge in [0.25, 0.3) is 5.91 Å². The Balaban J connectivity index is 2.17. The van der Waals surface area contributed by atoms with Crippen molar-refractivity contribution < 1.29 is 19.4 Å². The van der Waals surface area contributed by atoms with Crippen molar-refractivity contribution in [2.45, 2.75) is 19.4 Å². The molecule has 0 saturated carbocycles. The maximum absolute atomic E-state index is 12.7. The van der Waals surface area contributed by atoms with Crippen LogP contribution in [0.4, 0.5) is 5.69 Å². The van der Waals surface area contributed by atoms with Gasteiger partial charge in [0.05, 0.1) is 18.7 Å². The average molecular weight is 337 g/mol. The number of anilines is 1. The zero-order valence-corrected chi connectivity index (χ0v) is 14.1. The predicted molar refractivity (Wildman–Crippen MR) is 94.6 cm³/mol. The summed E-state index contributed by atoms with van der Waals surface area (Å²) in [6.45, 7) is 1.71. The number of hydrogen-bond acceptors (Lipinski definition) is 4. The number of carbonyl (C=O) groups excluding carboxylic acids is 2. The van der Waals surface area contributed by atoms with Gasteiger partial charge in [-0.2, -0.15) is 0 Å². The second-order valence-electron chi connectivity index (χ2n) is 5.73. The fourth-order valence-corrected chi connectivity index (χ4v) is 3.06. The first-order valence-electron chi connectivity index (χ1n) is 8.07. The molecule has 1 heterocycles. The number of benzene rings is 2. The molecule has 25 heavy (non-hydrogen) atoms. The molecule has 1 aliphatic rings. The predicted octanol–water partition coefficient (Wildman–Crippen LogP) is 3.57. The van der Waals surface area contributed by atoms with Crippen LogP contribution in [0.2, 0.25) is 0 Å². The minimum Gasteiger partial charge on any atom is -0.503 e. The summed E-state index contributed by atoms with van der Waals surface area (Å²) in [4.78, 5) is 26.6. The number of ketones is 1. The Morgan fingerprint density at radius 1 is 1.16 bits per heavy atom. The van der Waals surface area contributed by atoms with E-state index in [9.17, 15) is 14.7 Å². The molecule has 1 N–H and O–H groups in total. The number of aliphatic hydroxyl groups excluding tert-OH is 1. The smallest absolute Gasteiger partial charge is 0.294 e. The summed E-state index contributed by atoms with van der Waals surface area (Å²) in [6.07, 6.45) is 0.210. The van der Waals surface area contributed by atoms with Crippen LogP contribution in [0.25, 0.3) is 0 Å². The number of hydrogen-bond donors (Lipinski definition) is 1. The van der Waals surface area contributed by atoms with Gasteiger partial charge in [0, 0.05) is 18.2 Å². The Hall–Kier alpha value is -3.08. The van der Waals surface area contributed by atoms with E-state index in [1.807, 2.05) is 30.3 Å². The molecule has 0 aliphatic carbocycles. The maximum atomic E-state index is 12.7. The number of nitrogens with zero attached hydrogens (tertiary/aromatic N) is 1. The van der Waals surface area contributed by atoms with Crippen LogP contribution in [-0.4, -0.2) is 23.9 Å². The standard InChI is InChI=1S/C20H19NO4/c1-3-16(22)17-18(13-8-5-4-6-9-13)21(20(24)19(17)23)14-10-7-11-15(12-14)25-2/h4-12,18,23H,3H2,1-2H3. The molecule has 2 aromatic carbocycles. The van der Waals surface area contributed by atoms with Crippen LogP contribution < -0.4 is 9.64 Å². The topological polar surface area (TPSA) is 66.8 Å². The molecule has 0 bridgehead atoms. The normalized spacial score (nSPS) is 17.1. The number of Topliss-reactive ketones (excluding diaryl/α,β-unsaturated/α-hetero) is 1. The van der Waals surface area contributed by atoms with Crippen LogP contribution in [-0.2, 0) is 9.59 Å². The first-order chi connectivity index (χ1) is 12.1. The van der Waals surface area contributed by atoms with Crippen molar-refractivity contribution in [2.24, 2.45) is 0 Å². The molecule has 0 radical (unpaired) electrons. The van der Waals surface area contributed by atoms with Crippen LogP contribution in [0.15, 0.2) is 65.9 Å². The molecular weight excluding hydrogens is 318 g/mol. The Morgan fingerprint density at radius 3 is 2.52 bits per heavy atom. The third-order valence-corrected chi connectivity index (χ3v) is 4.28. The van der Waals surface area contributed by atoms with Gasteiger partial charge in [-0.05, 0) is 17.7 Å². The minimum atomic E-state index is -0.659. The summed E-state index contributed by atoms with van der Waals surface area (Å²) in [5.41, 5.74) is 1.46. The molecule has 0 spiro atoms. The second-order valence-corrected chi connectivity index (χ2v) is 5.73. The number of amides is 1. The van der Waals surface area contributed by atoms with Crippen LogP contribution in [0.3, 0.4) is 0 Å². The summed E-state index contributed by atoms with van der Waals surface area (Å²) in [7, 11) is 1.54. The highest BCUT2D eigenvalue weighted by atomic mass is 16.5. The maximum Gasteiger partial charge on any atom is 0.294 e. The van der Waals surface area contributed by atoms with Gasteiger partial charge in [-0.25, -0.2) is 0 Å². The van der Waals surface area contributed by atoms with Gasteiger partial charge in [-0.3, -0.25) is 14.5 Å². The van der Waals surface area contributed by atoms with Gasteiger partial charge >= 0.3 is 0 Å². The van der Waals surface area contributed by atoms with Gasteiger partial charge in [0.1, 0.15) is 5.75 Å². The van der Waals surface area contributed by atoms with Crippen LogP contribution >= 0.6 is 0 Å². The Bertz CT molecular complexity index is 842. The van der Waals surface area contributed by atoms with Gasteiger partial charge in [-0.15, -0.1) is 0 Å². The zero-order chi connectivity index (χ0) is 18.0. The number of carbonyl (C=O) groups is 2. The fraction of sp³-hybridized carbons (Fsp3) is 0.200. The van der Waals surface area contributed by atoms with Gasteiger partial charge in [0.2, 0.25) is 0 Å². The van der Waals surface area contributed by atoms with E-state index in [-0.39, 0.29) is 17.8 Å². The van der Waals surface area contributed by atoms with Crippen molar-refractivity contribution in [1.82, 2.24) is 0 Å². The Labute approximate surface area is 146 Å². The summed E-state index contributed by atoms with van der Waals surface area (Å²) in [5, 5.41) is 10.4. The van der Waals surface area contributed by atoms with E-state index in [2.05, 4.69) is 0 Å². The van der Waals surface area contributed by atoms with Crippen LogP contribution in [0.1, 0.15) is 24.9 Å². The van der Waals surface area contributed by atoms with Crippen molar-refractivity contribution in [3.63, 3.8) is 0 Å². The number of methoxy groups -OCH3 is 1. The van der Waals surface area contributed by atoms with Crippen LogP contribution in [0.5, 0.6) is 5.75 Å². The lowest BCUT2D eigenvalue weighted by molar-refractivity contribution is -0.118. The van der Waals surface area contributed by atoms with Crippen molar-refractivity contribution in [3.8, 4) is 5.75 Å². The van der Waals surface area contributed by atoms with Crippen molar-refractivity contribution in [3.05, 3.63) is 71.5 Å². The number of rotatable bonds is 5. The highest BCUT2D eigenvalue weighted by Gasteiger charge is 2.43. The molecule has 1 unspecified atom stereocenters. The average Bonchev–Trinajstić information content (AvgIpc) is 2.93. The molecule has 0 fully saturated rings. The summed E-state index contributed by atoms with van der Waals surface area (Å²) < 4.78 is 5.23. The molecule has 1 atom stereocenters. The van der Waals surface area contributed by atoms with Crippen molar-refractivity contribution >= 4 is 17.4 Å². The monoisotopic (exact) mass is 337 g/mol. The lowest BCUT2D eigenvalue weighted by Gasteiger charge is -2.27. The van der Waals surface area contributed by atoms with Crippen LogP contribution in [0, 0.1) is 0 Å². The molecular formula is C20H19NO4. The van der Waals surface area contributed by atoms with E-state index in [1.54, 1.807) is 38.3 Å². The van der Waals surface area contributed by atoms with E-state index >= 15 is 0 Å². The van der Waals surface area contributed by atoms with E-state index in [0.717, 1.165) is 5.56 Å². The highest BCUT2D eigenvalue weighted by Crippen LogP contribution is 2.41. The second kappa shape index (κ2) is 6.81. The molecule has 0 saturated heterocycles. The largest absolute Gasteiger partial charge is 0.503 e. The lowest BCUT2D eigenvalue weighted by atomic mass is 9.95. The van der Waals surface area contributed by atoms with E-state index in [4.69, 9.17) is 4.74 Å². The fourth-order valence-electron chi connectivity index (χ4n) is 3.06. The zero-order valence-electron chi connectivity index (χ0n) is 14.1. The third-order valence-electron chi connectivity index (χ3n) is 4.28. The molecule has 2 aromatic rings. The highest BCUT2D eigenvalue weighted by molar-refractivity contribution is 6.16. The summed E-state index contributed by atoms with van der Waals surface area (Å²) in [5.74, 6) is -0.723. The third kappa shape index (κ3) is 2.89. The number of ether oxygens (including phenoxy) is 1. The SMILES string of the molecule is CCC(=O)C1=C(O)C(=O)N(c2cccc(OC)c2)C1c1ccccc1. The van der Waals surface area contributed by atoms with E-state index in [0.29, 0.717) is 11.4 Å². The number of aliphatic hydroxyl groups is 1. The van der Waals surface area contributed by atoms with Crippen molar-refractivity contribution in [2.75, 3.05) is 12.0 Å². The van der Waals surface area contributed by atoms with Gasteiger partial charge in [-0.1, -0.05) is 43.3 Å². The van der Waals surface area contributed by atoms with E-state index < -0.39 is 17.7 Å². The summed E-state index contributed by atoms with van der Waals surface area (Å²) >= 11 is 0. The first-order valence-corrected chi connectivity index (χ1v) is 8.07. The van der Waals surface area contributed by atoms with Gasteiger partial charge < -0.3 is 9.84 Å². The molecule has 3 rings (SSSR count). The molecule has 5 nitrogen and oxygen atoms in total. The summed E-state index contributed by atoms with van der Waals surface area (Å²) in [6, 6.07) is 15.6. The van der Waals surface area contributed by atoms with Crippen molar-refractivity contribution in [1.29, 1.82) is 0 Å². The quantitative estimate of drug-likeness (QED) is 0.906. The molecule has 1 amide bonds. The van der Waals surface area contributed by atoms with Gasteiger partial charge in [0.15, 0.2) is 11.5 Å². The molecule has 1 aliphatic heterocycles. The Kier molecular flexibility index (Phi) is 4.57. The lowest BCUT2D eigenvalue weighted by Crippen LogP contribution is -2.31. The first kappa shape index (κ1) is 16.8. The molecule has 0 aromatic heterocycles. The molecule has 5 heteroatoms. The molecule has 128 valence electrons. The Morgan fingerprint density at radius 2 is 1.88 bits per heavy atom. The van der Waals surface area contributed by atoms with E-state index in [1.165, 1.54) is 4.90 Å².